The Kier molecular flexibility index (Phi) is 5.73. The van der Waals surface area contributed by atoms with E-state index in [1.54, 1.807) is 54.1 Å². The van der Waals surface area contributed by atoms with Gasteiger partial charge in [0, 0.05) is 18.1 Å². The number of amides is 1. The Bertz CT molecular complexity index is 1570. The van der Waals surface area contributed by atoms with Crippen molar-refractivity contribution in [3.63, 3.8) is 0 Å². The van der Waals surface area contributed by atoms with Gasteiger partial charge in [-0.15, -0.1) is 10.2 Å². The number of nitrogens with two attached hydrogens (primary N) is 1. The molecule has 5 N–H and O–H groups in total. The minimum absolute atomic E-state index is 0.230. The molecule has 0 saturated heterocycles. The predicted molar refractivity (Wildman–Crippen MR) is 130 cm³/mol. The van der Waals surface area contributed by atoms with E-state index in [1.807, 2.05) is 18.2 Å². The smallest absolute Gasteiger partial charge is 0.488 e. The van der Waals surface area contributed by atoms with Crippen LogP contribution in [0.4, 0.5) is 5.82 Å². The monoisotopic (exact) mass is 469 g/mol. The summed E-state index contributed by atoms with van der Waals surface area (Å²) in [5, 5.41) is 31.3. The summed E-state index contributed by atoms with van der Waals surface area (Å²) in [7, 11) is -0.00163. The van der Waals surface area contributed by atoms with Crippen molar-refractivity contribution >= 4 is 40.9 Å². The fourth-order valence-corrected chi connectivity index (χ4v) is 3.84. The lowest BCUT2D eigenvalue weighted by Crippen LogP contribution is -2.30. The van der Waals surface area contributed by atoms with Crippen molar-refractivity contribution < 1.29 is 19.6 Å². The van der Waals surface area contributed by atoms with Gasteiger partial charge in [0.2, 0.25) is 11.6 Å². The van der Waals surface area contributed by atoms with E-state index >= 15 is 0 Å². The van der Waals surface area contributed by atoms with Crippen molar-refractivity contribution in [3.8, 4) is 17.4 Å². The summed E-state index contributed by atoms with van der Waals surface area (Å²) in [5.74, 6) is 1.03. The lowest BCUT2D eigenvalue weighted by atomic mass is 9.80. The van der Waals surface area contributed by atoms with Crippen LogP contribution in [-0.4, -0.2) is 54.7 Å². The number of nitrogens with one attached hydrogen (secondary N) is 1. The van der Waals surface area contributed by atoms with Gasteiger partial charge in [-0.2, -0.15) is 0 Å². The Morgan fingerprint density at radius 2 is 1.94 bits per heavy atom. The van der Waals surface area contributed by atoms with Crippen molar-refractivity contribution in [3.05, 3.63) is 71.9 Å². The summed E-state index contributed by atoms with van der Waals surface area (Å²) in [5.41, 5.74) is 7.78. The van der Waals surface area contributed by atoms with Crippen molar-refractivity contribution in [1.82, 2.24) is 24.6 Å². The molecule has 5 aromatic rings. The fourth-order valence-electron chi connectivity index (χ4n) is 3.84. The average Bonchev–Trinajstić information content (AvgIpc) is 3.31. The van der Waals surface area contributed by atoms with Crippen LogP contribution in [0.5, 0.6) is 5.75 Å². The van der Waals surface area contributed by atoms with Gasteiger partial charge in [0.05, 0.1) is 12.7 Å². The summed E-state index contributed by atoms with van der Waals surface area (Å²) < 4.78 is 7.12. The van der Waals surface area contributed by atoms with Crippen molar-refractivity contribution in [2.75, 3.05) is 12.4 Å². The second-order valence-corrected chi connectivity index (χ2v) is 7.73. The zero-order valence-electron chi connectivity index (χ0n) is 18.6. The molecule has 3 aromatic heterocycles. The number of methoxy groups -OCH3 is 1. The van der Waals surface area contributed by atoms with Crippen LogP contribution < -0.4 is 21.3 Å². The van der Waals surface area contributed by atoms with Gasteiger partial charge in [0.25, 0.3) is 5.91 Å². The summed E-state index contributed by atoms with van der Waals surface area (Å²) in [6, 6.07) is 15.7. The minimum Gasteiger partial charge on any atom is -0.494 e. The SMILES string of the molecule is COc1cccc2c(NCc3cccc(B(O)O)c3)nc(-c3nnc4c(C(N)=O)cccn34)nc12. The first-order valence-corrected chi connectivity index (χ1v) is 10.6. The molecule has 12 heteroatoms. The first-order chi connectivity index (χ1) is 17.0. The maximum atomic E-state index is 11.8. The lowest BCUT2D eigenvalue weighted by molar-refractivity contribution is 0.100. The zero-order valence-corrected chi connectivity index (χ0v) is 18.6. The van der Waals surface area contributed by atoms with Gasteiger partial charge in [-0.05, 0) is 35.3 Å². The van der Waals surface area contributed by atoms with Crippen LogP contribution in [0.25, 0.3) is 28.2 Å². The van der Waals surface area contributed by atoms with Gasteiger partial charge >= 0.3 is 7.12 Å². The maximum Gasteiger partial charge on any atom is 0.488 e. The molecule has 0 spiro atoms. The molecule has 0 aliphatic heterocycles. The van der Waals surface area contributed by atoms with Gasteiger partial charge in [0.1, 0.15) is 17.1 Å². The average molecular weight is 469 g/mol. The standard InChI is InChI=1S/C23H20BN7O4/c1-35-17-9-3-7-15-18(17)27-21(23-30-29-22-16(19(25)32)8-4-10-31(22)23)28-20(15)26-12-13-5-2-6-14(11-13)24(33)34/h2-11,33-34H,12H2,1H3,(H2,25,32)(H,26,27,28). The molecule has 2 aromatic carbocycles. The van der Waals surface area contributed by atoms with E-state index in [0.717, 1.165) is 10.9 Å². The Morgan fingerprint density at radius 3 is 2.71 bits per heavy atom. The van der Waals surface area contributed by atoms with Crippen molar-refractivity contribution in [2.24, 2.45) is 5.73 Å². The molecule has 0 radical (unpaired) electrons. The molecule has 174 valence electrons. The van der Waals surface area contributed by atoms with E-state index in [1.165, 1.54) is 0 Å². The number of rotatable bonds is 7. The summed E-state index contributed by atoms with van der Waals surface area (Å²) in [4.78, 5) is 21.2. The number of nitrogens with zero attached hydrogens (tertiary/aromatic N) is 5. The van der Waals surface area contributed by atoms with E-state index in [-0.39, 0.29) is 11.4 Å². The third kappa shape index (κ3) is 4.11. The van der Waals surface area contributed by atoms with E-state index < -0.39 is 13.0 Å². The maximum absolute atomic E-state index is 11.8. The quantitative estimate of drug-likeness (QED) is 0.252. The number of carbonyl (C=O) groups is 1. The van der Waals surface area contributed by atoms with Crippen LogP contribution in [0.3, 0.4) is 0 Å². The fraction of sp³-hybridized carbons (Fsp3) is 0.0870. The Hall–Kier alpha value is -4.55. The van der Waals surface area contributed by atoms with Gasteiger partial charge in [-0.1, -0.05) is 30.3 Å². The summed E-state index contributed by atoms with van der Waals surface area (Å²) in [6.45, 7) is 0.357. The molecular formula is C23H20BN7O4. The van der Waals surface area contributed by atoms with Gasteiger partial charge in [-0.25, -0.2) is 9.97 Å². The van der Waals surface area contributed by atoms with Crippen LogP contribution in [-0.2, 0) is 6.54 Å². The number of ether oxygens (including phenoxy) is 1. The second-order valence-electron chi connectivity index (χ2n) is 7.73. The molecule has 0 unspecified atom stereocenters. The van der Waals surface area contributed by atoms with Crippen LogP contribution in [0.15, 0.2) is 60.8 Å². The summed E-state index contributed by atoms with van der Waals surface area (Å²) >= 11 is 0. The number of carbonyl (C=O) groups excluding carboxylic acids is 1. The zero-order chi connectivity index (χ0) is 24.5. The second kappa shape index (κ2) is 9.01. The largest absolute Gasteiger partial charge is 0.494 e. The van der Waals surface area contributed by atoms with Gasteiger partial charge < -0.3 is 25.8 Å². The number of hydrogen-bond acceptors (Lipinski definition) is 9. The number of primary amides is 1. The predicted octanol–water partition coefficient (Wildman–Crippen LogP) is 0.739. The van der Waals surface area contributed by atoms with Crippen LogP contribution in [0, 0.1) is 0 Å². The van der Waals surface area contributed by atoms with Crippen LogP contribution >= 0.6 is 0 Å². The van der Waals surface area contributed by atoms with E-state index in [0.29, 0.717) is 40.6 Å². The highest BCUT2D eigenvalue weighted by Crippen LogP contribution is 2.31. The number of anilines is 1. The minimum atomic E-state index is -1.56. The number of benzene rings is 2. The number of fused-ring (bicyclic) bond motifs is 2. The Morgan fingerprint density at radius 1 is 1.11 bits per heavy atom. The molecule has 1 amide bonds. The number of aromatic nitrogens is 5. The normalized spacial score (nSPS) is 11.1. The third-order valence-electron chi connectivity index (χ3n) is 5.52. The molecule has 5 rings (SSSR count). The van der Waals surface area contributed by atoms with Gasteiger partial charge in [0.15, 0.2) is 5.65 Å². The molecular weight excluding hydrogens is 449 g/mol. The number of para-hydroxylation sites is 1. The highest BCUT2D eigenvalue weighted by molar-refractivity contribution is 6.58. The highest BCUT2D eigenvalue weighted by Gasteiger charge is 2.19. The molecule has 0 aliphatic rings. The first kappa shape index (κ1) is 22.3. The topological polar surface area (TPSA) is 161 Å². The summed E-state index contributed by atoms with van der Waals surface area (Å²) in [6.07, 6.45) is 1.70. The molecule has 3 heterocycles. The molecule has 0 aliphatic carbocycles. The molecule has 35 heavy (non-hydrogen) atoms. The van der Waals surface area contributed by atoms with Crippen LogP contribution in [0.2, 0.25) is 0 Å². The van der Waals surface area contributed by atoms with Crippen molar-refractivity contribution in [2.45, 2.75) is 6.54 Å². The number of pyridine rings is 1. The van der Waals surface area contributed by atoms with E-state index in [4.69, 9.17) is 15.5 Å². The first-order valence-electron chi connectivity index (χ1n) is 10.6. The lowest BCUT2D eigenvalue weighted by Gasteiger charge is -2.13. The molecule has 0 atom stereocenters. The molecule has 0 fully saturated rings. The number of hydrogen-bond donors (Lipinski definition) is 4. The Balaban J connectivity index is 1.63. The van der Waals surface area contributed by atoms with E-state index in [2.05, 4.69) is 20.5 Å². The molecule has 0 bridgehead atoms. The Labute approximate surface area is 199 Å². The van der Waals surface area contributed by atoms with Gasteiger partial charge in [-0.3, -0.25) is 9.20 Å². The van der Waals surface area contributed by atoms with E-state index in [9.17, 15) is 14.8 Å². The molecule has 11 nitrogen and oxygen atoms in total. The third-order valence-corrected chi connectivity index (χ3v) is 5.52. The van der Waals surface area contributed by atoms with Crippen LogP contribution in [0.1, 0.15) is 15.9 Å². The highest BCUT2D eigenvalue weighted by atomic mass is 16.5. The molecule has 0 saturated carbocycles. The van der Waals surface area contributed by atoms with Crippen molar-refractivity contribution in [1.29, 1.82) is 0 Å².